The van der Waals surface area contributed by atoms with Crippen LogP contribution in [0.2, 0.25) is 0 Å². The van der Waals surface area contributed by atoms with E-state index in [1.54, 1.807) is 26.0 Å². The number of aromatic nitrogens is 2. The molecule has 1 atom stereocenters. The molecule has 0 radical (unpaired) electrons. The number of ether oxygens (including phenoxy) is 3. The largest absolute Gasteiger partial charge is 0.497 e. The van der Waals surface area contributed by atoms with Gasteiger partial charge in [0.2, 0.25) is 0 Å². The van der Waals surface area contributed by atoms with Crippen LogP contribution in [0.1, 0.15) is 6.92 Å². The second kappa shape index (κ2) is 10.5. The van der Waals surface area contributed by atoms with Gasteiger partial charge in [0.05, 0.1) is 19.9 Å². The molecule has 2 heterocycles. The average molecular weight is 485 g/mol. The highest BCUT2D eigenvalue weighted by Gasteiger charge is 2.27. The van der Waals surface area contributed by atoms with Crippen molar-refractivity contribution < 1.29 is 27.8 Å². The Morgan fingerprint density at radius 3 is 2.29 bits per heavy atom. The van der Waals surface area contributed by atoms with Gasteiger partial charge >= 0.3 is 0 Å². The van der Waals surface area contributed by atoms with E-state index in [9.17, 15) is 13.6 Å². The van der Waals surface area contributed by atoms with Crippen molar-refractivity contribution in [2.45, 2.75) is 13.0 Å². The van der Waals surface area contributed by atoms with E-state index in [0.717, 1.165) is 17.7 Å². The number of piperazine rings is 1. The number of benzene rings is 2. The van der Waals surface area contributed by atoms with Crippen molar-refractivity contribution in [3.63, 3.8) is 0 Å². The lowest BCUT2D eigenvalue weighted by atomic mass is 10.1. The number of nitrogens with zero attached hydrogens (tertiary/aromatic N) is 4. The lowest BCUT2D eigenvalue weighted by Gasteiger charge is -2.36. The quantitative estimate of drug-likeness (QED) is 0.508. The standard InChI is InChI=1S/C25H26F2N4O4/c1-16(35-23-7-4-17(26)14-20(23)27)25(32)31-12-10-30(11-13-31)24-9-6-21(28-29-24)19-15-18(33-2)5-8-22(19)34-3/h4-9,14-16H,10-13H2,1-3H3. The zero-order valence-corrected chi connectivity index (χ0v) is 19.7. The molecule has 1 aliphatic rings. The highest BCUT2D eigenvalue weighted by atomic mass is 19.1. The first-order valence-electron chi connectivity index (χ1n) is 11.1. The summed E-state index contributed by atoms with van der Waals surface area (Å²) in [6, 6.07) is 12.2. The van der Waals surface area contributed by atoms with Crippen LogP contribution in [0.3, 0.4) is 0 Å². The molecule has 0 saturated carbocycles. The minimum Gasteiger partial charge on any atom is -0.497 e. The summed E-state index contributed by atoms with van der Waals surface area (Å²) in [5.74, 6) is 0.0747. The van der Waals surface area contributed by atoms with Crippen LogP contribution in [-0.2, 0) is 4.79 Å². The van der Waals surface area contributed by atoms with Gasteiger partial charge in [0.1, 0.15) is 17.3 Å². The molecule has 8 nitrogen and oxygen atoms in total. The van der Waals surface area contributed by atoms with Crippen LogP contribution >= 0.6 is 0 Å². The minimum atomic E-state index is -0.904. The number of amides is 1. The zero-order valence-electron chi connectivity index (χ0n) is 19.7. The van der Waals surface area contributed by atoms with E-state index in [2.05, 4.69) is 10.2 Å². The molecule has 4 rings (SSSR count). The summed E-state index contributed by atoms with van der Waals surface area (Å²) < 4.78 is 43.1. The summed E-state index contributed by atoms with van der Waals surface area (Å²) in [5.41, 5.74) is 1.42. The summed E-state index contributed by atoms with van der Waals surface area (Å²) in [5, 5.41) is 8.73. The number of hydrogen-bond acceptors (Lipinski definition) is 7. The van der Waals surface area contributed by atoms with Gasteiger partial charge in [-0.2, -0.15) is 0 Å². The zero-order chi connectivity index (χ0) is 24.9. The minimum absolute atomic E-state index is 0.158. The maximum atomic E-state index is 13.8. The molecular formula is C25H26F2N4O4. The van der Waals surface area contributed by atoms with E-state index in [0.29, 0.717) is 49.2 Å². The Labute approximate surface area is 202 Å². The molecular weight excluding hydrogens is 458 g/mol. The number of anilines is 1. The average Bonchev–Trinajstić information content (AvgIpc) is 2.89. The fourth-order valence-electron chi connectivity index (χ4n) is 3.88. The fraction of sp³-hybridized carbons (Fsp3) is 0.320. The third-order valence-corrected chi connectivity index (χ3v) is 5.79. The summed E-state index contributed by atoms with van der Waals surface area (Å²) >= 11 is 0. The van der Waals surface area contributed by atoms with E-state index in [1.165, 1.54) is 6.07 Å². The second-order valence-corrected chi connectivity index (χ2v) is 7.99. The number of hydrogen-bond donors (Lipinski definition) is 0. The summed E-state index contributed by atoms with van der Waals surface area (Å²) in [6.07, 6.45) is -0.904. The van der Waals surface area contributed by atoms with Gasteiger partial charge < -0.3 is 24.0 Å². The third-order valence-electron chi connectivity index (χ3n) is 5.79. The lowest BCUT2D eigenvalue weighted by molar-refractivity contribution is -0.138. The molecule has 184 valence electrons. The summed E-state index contributed by atoms with van der Waals surface area (Å²) in [6.45, 7) is 3.56. The van der Waals surface area contributed by atoms with Crippen LogP contribution < -0.4 is 19.1 Å². The predicted molar refractivity (Wildman–Crippen MR) is 126 cm³/mol. The van der Waals surface area contributed by atoms with E-state index in [1.807, 2.05) is 35.2 Å². The van der Waals surface area contributed by atoms with Crippen molar-refractivity contribution in [1.82, 2.24) is 15.1 Å². The molecule has 1 fully saturated rings. The number of carbonyl (C=O) groups excluding carboxylic acids is 1. The SMILES string of the molecule is COc1ccc(OC)c(-c2ccc(N3CCN(C(=O)C(C)Oc4ccc(F)cc4F)CC3)nn2)c1. The number of methoxy groups -OCH3 is 2. The van der Waals surface area contributed by atoms with Crippen molar-refractivity contribution >= 4 is 11.7 Å². The van der Waals surface area contributed by atoms with Crippen molar-refractivity contribution in [3.05, 3.63) is 60.2 Å². The van der Waals surface area contributed by atoms with E-state index >= 15 is 0 Å². The number of carbonyl (C=O) groups is 1. The molecule has 1 amide bonds. The molecule has 0 N–H and O–H groups in total. The number of rotatable bonds is 7. The van der Waals surface area contributed by atoms with Gasteiger partial charge in [-0.1, -0.05) is 0 Å². The van der Waals surface area contributed by atoms with Crippen molar-refractivity contribution in [2.75, 3.05) is 45.3 Å². The van der Waals surface area contributed by atoms with Crippen molar-refractivity contribution in [1.29, 1.82) is 0 Å². The highest BCUT2D eigenvalue weighted by Crippen LogP contribution is 2.32. The Bertz CT molecular complexity index is 1180. The molecule has 0 aliphatic carbocycles. The maximum absolute atomic E-state index is 13.8. The van der Waals surface area contributed by atoms with Crippen LogP contribution in [-0.4, -0.2) is 67.5 Å². The number of halogens is 2. The van der Waals surface area contributed by atoms with Crippen LogP contribution in [0.5, 0.6) is 17.2 Å². The molecule has 0 spiro atoms. The molecule has 0 bridgehead atoms. The summed E-state index contributed by atoms with van der Waals surface area (Å²) in [7, 11) is 3.19. The smallest absolute Gasteiger partial charge is 0.263 e. The first kappa shape index (κ1) is 24.2. The molecule has 2 aromatic carbocycles. The fourth-order valence-corrected chi connectivity index (χ4v) is 3.88. The lowest BCUT2D eigenvalue weighted by Crippen LogP contribution is -2.52. The van der Waals surface area contributed by atoms with Crippen molar-refractivity contribution in [3.8, 4) is 28.5 Å². The first-order chi connectivity index (χ1) is 16.9. The first-order valence-corrected chi connectivity index (χ1v) is 11.1. The molecule has 3 aromatic rings. The van der Waals surface area contributed by atoms with Gasteiger partial charge in [-0.15, -0.1) is 10.2 Å². The van der Waals surface area contributed by atoms with E-state index < -0.39 is 17.7 Å². The molecule has 35 heavy (non-hydrogen) atoms. The summed E-state index contributed by atoms with van der Waals surface area (Å²) in [4.78, 5) is 16.5. The van der Waals surface area contributed by atoms with Gasteiger partial charge in [0.15, 0.2) is 23.5 Å². The van der Waals surface area contributed by atoms with Gasteiger partial charge in [-0.3, -0.25) is 4.79 Å². The topological polar surface area (TPSA) is 77.0 Å². The normalized spacial score (nSPS) is 14.4. The Hall–Kier alpha value is -3.95. The van der Waals surface area contributed by atoms with Crippen LogP contribution in [0.25, 0.3) is 11.3 Å². The van der Waals surface area contributed by atoms with Crippen LogP contribution in [0, 0.1) is 11.6 Å². The Balaban J connectivity index is 1.37. The predicted octanol–water partition coefficient (Wildman–Crippen LogP) is 3.56. The van der Waals surface area contributed by atoms with Crippen molar-refractivity contribution in [2.24, 2.45) is 0 Å². The Morgan fingerprint density at radius 2 is 1.66 bits per heavy atom. The van der Waals surface area contributed by atoms with Gasteiger partial charge in [-0.25, -0.2) is 8.78 Å². The monoisotopic (exact) mass is 484 g/mol. The molecule has 1 saturated heterocycles. The maximum Gasteiger partial charge on any atom is 0.263 e. The molecule has 1 aromatic heterocycles. The van der Waals surface area contributed by atoms with Gasteiger partial charge in [0.25, 0.3) is 5.91 Å². The van der Waals surface area contributed by atoms with Crippen LogP contribution in [0.4, 0.5) is 14.6 Å². The van der Waals surface area contributed by atoms with Gasteiger partial charge in [-0.05, 0) is 49.4 Å². The van der Waals surface area contributed by atoms with Crippen LogP contribution in [0.15, 0.2) is 48.5 Å². The second-order valence-electron chi connectivity index (χ2n) is 7.99. The highest BCUT2D eigenvalue weighted by molar-refractivity contribution is 5.81. The third kappa shape index (κ3) is 5.42. The molecule has 1 aliphatic heterocycles. The van der Waals surface area contributed by atoms with E-state index in [4.69, 9.17) is 14.2 Å². The van der Waals surface area contributed by atoms with E-state index in [-0.39, 0.29) is 11.7 Å². The Kier molecular flexibility index (Phi) is 7.28. The Morgan fingerprint density at radius 1 is 0.914 bits per heavy atom. The molecule has 10 heteroatoms. The molecule has 1 unspecified atom stereocenters. The van der Waals surface area contributed by atoms with Gasteiger partial charge in [0, 0.05) is 37.8 Å².